The number of guanidine groups is 1. The number of nitrogens with one attached hydrogen (secondary N) is 1. The Bertz CT molecular complexity index is 742. The molecular formula is C17H26N6O2S. The minimum atomic E-state index is -2.84. The summed E-state index contributed by atoms with van der Waals surface area (Å²) in [4.78, 5) is 17.9. The van der Waals surface area contributed by atoms with Crippen molar-refractivity contribution in [3.05, 3.63) is 18.5 Å². The molecule has 26 heavy (non-hydrogen) atoms. The molecule has 8 nitrogen and oxygen atoms in total. The van der Waals surface area contributed by atoms with Gasteiger partial charge in [-0.15, -0.1) is 0 Å². The van der Waals surface area contributed by atoms with Gasteiger partial charge in [-0.1, -0.05) is 0 Å². The zero-order valence-corrected chi connectivity index (χ0v) is 15.7. The van der Waals surface area contributed by atoms with E-state index in [0.717, 1.165) is 44.5 Å². The van der Waals surface area contributed by atoms with Gasteiger partial charge >= 0.3 is 0 Å². The van der Waals surface area contributed by atoms with E-state index in [1.54, 1.807) is 12.4 Å². The van der Waals surface area contributed by atoms with Gasteiger partial charge < -0.3 is 15.1 Å². The van der Waals surface area contributed by atoms with Crippen molar-refractivity contribution in [2.24, 2.45) is 10.9 Å². The highest BCUT2D eigenvalue weighted by Crippen LogP contribution is 2.21. The molecule has 1 saturated carbocycles. The fourth-order valence-corrected chi connectivity index (χ4v) is 5.30. The monoisotopic (exact) mass is 378 g/mol. The first-order chi connectivity index (χ1) is 12.6. The van der Waals surface area contributed by atoms with Crippen molar-refractivity contribution in [3.8, 4) is 0 Å². The molecule has 2 saturated heterocycles. The highest BCUT2D eigenvalue weighted by atomic mass is 32.2. The van der Waals surface area contributed by atoms with Crippen LogP contribution in [-0.2, 0) is 9.84 Å². The first kappa shape index (κ1) is 17.5. The lowest BCUT2D eigenvalue weighted by molar-refractivity contribution is 0.368. The molecule has 0 amide bonds. The smallest absolute Gasteiger partial charge is 0.225 e. The van der Waals surface area contributed by atoms with E-state index in [0.29, 0.717) is 18.3 Å². The number of nitrogens with zero attached hydrogens (tertiary/aromatic N) is 5. The van der Waals surface area contributed by atoms with Crippen LogP contribution in [0.4, 0.5) is 5.95 Å². The van der Waals surface area contributed by atoms with Crippen molar-refractivity contribution in [2.45, 2.75) is 25.3 Å². The first-order valence-electron chi connectivity index (χ1n) is 9.37. The molecule has 1 aromatic heterocycles. The van der Waals surface area contributed by atoms with Crippen molar-refractivity contribution >= 4 is 21.7 Å². The summed E-state index contributed by atoms with van der Waals surface area (Å²) in [5, 5.41) is 3.54. The van der Waals surface area contributed by atoms with E-state index >= 15 is 0 Å². The van der Waals surface area contributed by atoms with Crippen LogP contribution in [0.15, 0.2) is 23.5 Å². The van der Waals surface area contributed by atoms with E-state index in [1.807, 2.05) is 6.07 Å². The number of hydrogen-bond acceptors (Lipinski definition) is 6. The second-order valence-electron chi connectivity index (χ2n) is 7.37. The number of piperazine rings is 1. The van der Waals surface area contributed by atoms with Gasteiger partial charge in [-0.2, -0.15) is 0 Å². The van der Waals surface area contributed by atoms with Crippen molar-refractivity contribution in [3.63, 3.8) is 0 Å². The molecule has 2 aliphatic heterocycles. The van der Waals surface area contributed by atoms with Crippen LogP contribution in [0.25, 0.3) is 0 Å². The summed E-state index contributed by atoms with van der Waals surface area (Å²) in [5.74, 6) is 2.47. The van der Waals surface area contributed by atoms with E-state index in [9.17, 15) is 8.42 Å². The van der Waals surface area contributed by atoms with Crippen LogP contribution < -0.4 is 10.2 Å². The zero-order chi connectivity index (χ0) is 18.0. The molecule has 1 unspecified atom stereocenters. The van der Waals surface area contributed by atoms with Crippen molar-refractivity contribution in [1.82, 2.24) is 20.2 Å². The standard InChI is InChI=1S/C17H26N6O2S/c24-26(25)11-4-14(13-26)12-20-17(21-15-2-3-15)23-9-7-22(8-10-23)16-18-5-1-6-19-16/h1,5-6,14-15H,2-4,7-13H2,(H,20,21). The Labute approximate surface area is 154 Å². The molecule has 4 rings (SSSR count). The predicted octanol–water partition coefficient (Wildman–Crippen LogP) is 0.141. The maximum atomic E-state index is 11.7. The summed E-state index contributed by atoms with van der Waals surface area (Å²) in [6.07, 6.45) is 6.66. The largest absolute Gasteiger partial charge is 0.354 e. The van der Waals surface area contributed by atoms with Gasteiger partial charge in [0, 0.05) is 51.2 Å². The molecule has 0 radical (unpaired) electrons. The van der Waals surface area contributed by atoms with Crippen molar-refractivity contribution in [1.29, 1.82) is 0 Å². The number of sulfone groups is 1. The van der Waals surface area contributed by atoms with Crippen LogP contribution in [0.5, 0.6) is 0 Å². The van der Waals surface area contributed by atoms with Gasteiger partial charge in [-0.25, -0.2) is 18.4 Å². The molecule has 142 valence electrons. The highest BCUT2D eigenvalue weighted by molar-refractivity contribution is 7.91. The molecule has 9 heteroatoms. The minimum absolute atomic E-state index is 0.162. The maximum Gasteiger partial charge on any atom is 0.225 e. The van der Waals surface area contributed by atoms with Gasteiger partial charge in [-0.05, 0) is 31.2 Å². The first-order valence-corrected chi connectivity index (χ1v) is 11.2. The van der Waals surface area contributed by atoms with Crippen molar-refractivity contribution in [2.75, 3.05) is 49.1 Å². The Kier molecular flexibility index (Phi) is 4.97. The molecule has 3 heterocycles. The molecule has 1 aromatic rings. The fraction of sp³-hybridized carbons (Fsp3) is 0.706. The molecule has 1 aliphatic carbocycles. The van der Waals surface area contributed by atoms with Gasteiger partial charge in [0.1, 0.15) is 0 Å². The summed E-state index contributed by atoms with van der Waals surface area (Å²) in [5.41, 5.74) is 0. The van der Waals surface area contributed by atoms with Gasteiger partial charge in [0.2, 0.25) is 5.95 Å². The number of rotatable bonds is 4. The molecule has 3 aliphatic rings. The molecule has 1 atom stereocenters. The lowest BCUT2D eigenvalue weighted by atomic mass is 10.1. The second kappa shape index (κ2) is 7.38. The zero-order valence-electron chi connectivity index (χ0n) is 14.9. The number of hydrogen-bond donors (Lipinski definition) is 1. The quantitative estimate of drug-likeness (QED) is 0.589. The normalized spacial score (nSPS) is 26.2. The average Bonchev–Trinajstić information content (AvgIpc) is 3.41. The van der Waals surface area contributed by atoms with Gasteiger partial charge in [0.05, 0.1) is 11.5 Å². The molecule has 0 aromatic carbocycles. The second-order valence-corrected chi connectivity index (χ2v) is 9.60. The third-order valence-corrected chi connectivity index (χ3v) is 6.99. The van der Waals surface area contributed by atoms with Crippen LogP contribution >= 0.6 is 0 Å². The average molecular weight is 379 g/mol. The maximum absolute atomic E-state index is 11.7. The van der Waals surface area contributed by atoms with Crippen LogP contribution in [0, 0.1) is 5.92 Å². The van der Waals surface area contributed by atoms with E-state index in [2.05, 4.69) is 25.1 Å². The summed E-state index contributed by atoms with van der Waals surface area (Å²) in [7, 11) is -2.84. The van der Waals surface area contributed by atoms with E-state index in [-0.39, 0.29) is 11.7 Å². The molecule has 0 spiro atoms. The summed E-state index contributed by atoms with van der Waals surface area (Å²) >= 11 is 0. The number of aromatic nitrogens is 2. The lowest BCUT2D eigenvalue weighted by Crippen LogP contribution is -2.53. The van der Waals surface area contributed by atoms with Crippen LogP contribution in [0.3, 0.4) is 0 Å². The van der Waals surface area contributed by atoms with Crippen molar-refractivity contribution < 1.29 is 8.42 Å². The van der Waals surface area contributed by atoms with Crippen LogP contribution in [0.2, 0.25) is 0 Å². The van der Waals surface area contributed by atoms with Gasteiger partial charge in [-0.3, -0.25) is 4.99 Å². The topological polar surface area (TPSA) is 90.8 Å². The van der Waals surface area contributed by atoms with E-state index < -0.39 is 9.84 Å². The number of anilines is 1. The van der Waals surface area contributed by atoms with Crippen LogP contribution in [0.1, 0.15) is 19.3 Å². The Morgan fingerprint density at radius 1 is 1.15 bits per heavy atom. The highest BCUT2D eigenvalue weighted by Gasteiger charge is 2.30. The molecular weight excluding hydrogens is 352 g/mol. The van der Waals surface area contributed by atoms with Gasteiger partial charge in [0.25, 0.3) is 0 Å². The Morgan fingerprint density at radius 3 is 2.50 bits per heavy atom. The van der Waals surface area contributed by atoms with Crippen LogP contribution in [-0.4, -0.2) is 79.5 Å². The number of aliphatic imine (C=N–C) groups is 1. The van der Waals surface area contributed by atoms with Gasteiger partial charge in [0.15, 0.2) is 15.8 Å². The SMILES string of the molecule is O=S1(=O)CCC(CN=C(NC2CC2)N2CCN(c3ncccn3)CC2)C1. The predicted molar refractivity (Wildman–Crippen MR) is 101 cm³/mol. The Hall–Kier alpha value is -1.90. The molecule has 3 fully saturated rings. The summed E-state index contributed by atoms with van der Waals surface area (Å²) < 4.78 is 23.3. The lowest BCUT2D eigenvalue weighted by Gasteiger charge is -2.36. The molecule has 0 bridgehead atoms. The Morgan fingerprint density at radius 2 is 1.88 bits per heavy atom. The van der Waals surface area contributed by atoms with E-state index in [1.165, 1.54) is 12.8 Å². The fourth-order valence-electron chi connectivity index (χ4n) is 3.45. The summed E-state index contributed by atoms with van der Waals surface area (Å²) in [6, 6.07) is 2.35. The minimum Gasteiger partial charge on any atom is -0.354 e. The summed E-state index contributed by atoms with van der Waals surface area (Å²) in [6.45, 7) is 4.02. The molecule has 1 N–H and O–H groups in total. The third-order valence-electron chi connectivity index (χ3n) is 5.15. The Balaban J connectivity index is 1.37. The van der Waals surface area contributed by atoms with E-state index in [4.69, 9.17) is 4.99 Å². The third kappa shape index (κ3) is 4.44.